The van der Waals surface area contributed by atoms with Crippen molar-refractivity contribution in [2.45, 2.75) is 0 Å². The number of hydrogen-bond donors (Lipinski definition) is 1. The number of carboxylic acid groups (broad SMARTS) is 1. The van der Waals surface area contributed by atoms with Crippen molar-refractivity contribution >= 4 is 5.97 Å². The second-order valence-electron chi connectivity index (χ2n) is 6.06. The summed E-state index contributed by atoms with van der Waals surface area (Å²) < 4.78 is 7.06. The second-order valence-corrected chi connectivity index (χ2v) is 6.06. The van der Waals surface area contributed by atoms with E-state index in [1.165, 1.54) is 0 Å². The van der Waals surface area contributed by atoms with E-state index in [4.69, 9.17) is 9.84 Å². The fourth-order valence-corrected chi connectivity index (χ4v) is 2.89. The van der Waals surface area contributed by atoms with Gasteiger partial charge < -0.3 is 9.84 Å². The summed E-state index contributed by atoms with van der Waals surface area (Å²) in [5.41, 5.74) is 4.24. The lowest BCUT2D eigenvalue weighted by atomic mass is 10.1. The van der Waals surface area contributed by atoms with E-state index in [0.29, 0.717) is 5.69 Å². The van der Waals surface area contributed by atoms with Crippen LogP contribution in [0.25, 0.3) is 28.1 Å². The van der Waals surface area contributed by atoms with Crippen molar-refractivity contribution in [3.8, 4) is 33.8 Å². The molecule has 2 heterocycles. The molecule has 0 spiro atoms. The quantitative estimate of drug-likeness (QED) is 0.574. The molecule has 28 heavy (non-hydrogen) atoms. The highest BCUT2D eigenvalue weighted by Crippen LogP contribution is 2.30. The third kappa shape index (κ3) is 3.33. The van der Waals surface area contributed by atoms with Crippen molar-refractivity contribution in [2.75, 3.05) is 7.11 Å². The summed E-state index contributed by atoms with van der Waals surface area (Å²) in [5, 5.41) is 17.4. The average Bonchev–Trinajstić information content (AvgIpc) is 3.24. The number of carbonyl (C=O) groups is 1. The Balaban J connectivity index is 1.67. The third-order valence-corrected chi connectivity index (χ3v) is 4.33. The van der Waals surface area contributed by atoms with Crippen molar-refractivity contribution in [1.82, 2.24) is 20.0 Å². The van der Waals surface area contributed by atoms with E-state index >= 15 is 0 Å². The molecule has 0 bridgehead atoms. The van der Waals surface area contributed by atoms with E-state index < -0.39 is 5.97 Å². The summed E-state index contributed by atoms with van der Waals surface area (Å²) in [6, 6.07) is 16.2. The molecule has 0 saturated heterocycles. The summed E-state index contributed by atoms with van der Waals surface area (Å²) in [6.45, 7) is 0. The predicted octanol–water partition coefficient (Wildman–Crippen LogP) is 3.70. The molecular weight excluding hydrogens is 356 g/mol. The molecule has 1 N–H and O–H groups in total. The maximum atomic E-state index is 11.0. The summed E-state index contributed by atoms with van der Waals surface area (Å²) in [6.07, 6.45) is 5.24. The minimum absolute atomic E-state index is 0.227. The van der Waals surface area contributed by atoms with Crippen LogP contribution in [0.5, 0.6) is 5.75 Å². The first kappa shape index (κ1) is 17.4. The Labute approximate surface area is 160 Å². The first-order chi connectivity index (χ1) is 13.7. The second kappa shape index (κ2) is 7.32. The number of aromatic carboxylic acids is 1. The number of methoxy groups -OCH3 is 1. The number of hydrogen-bond acceptors (Lipinski definition) is 5. The predicted molar refractivity (Wildman–Crippen MR) is 104 cm³/mol. The van der Waals surface area contributed by atoms with Gasteiger partial charge in [0.05, 0.1) is 30.8 Å². The van der Waals surface area contributed by atoms with Gasteiger partial charge in [0.25, 0.3) is 0 Å². The monoisotopic (exact) mass is 372 g/mol. The van der Waals surface area contributed by atoms with E-state index in [1.807, 2.05) is 30.3 Å². The zero-order valence-corrected chi connectivity index (χ0v) is 15.0. The molecule has 138 valence electrons. The van der Waals surface area contributed by atoms with Gasteiger partial charge in [-0.15, -0.1) is 5.10 Å². The van der Waals surface area contributed by atoms with Crippen molar-refractivity contribution < 1.29 is 14.6 Å². The Morgan fingerprint density at radius 3 is 2.57 bits per heavy atom. The zero-order valence-electron chi connectivity index (χ0n) is 15.0. The maximum Gasteiger partial charge on any atom is 0.335 e. The number of para-hydroxylation sites is 1. The van der Waals surface area contributed by atoms with Gasteiger partial charge in [0.15, 0.2) is 0 Å². The van der Waals surface area contributed by atoms with E-state index in [0.717, 1.165) is 28.1 Å². The summed E-state index contributed by atoms with van der Waals surface area (Å²) in [4.78, 5) is 15.3. The molecule has 0 saturated carbocycles. The van der Waals surface area contributed by atoms with Crippen molar-refractivity contribution in [3.05, 3.63) is 78.8 Å². The standard InChI is InChI=1S/C21H16N4O3/c1-28-20-5-3-2-4-18(20)16-10-17(12-22-11-16)25-13-19(23-24-25)14-6-8-15(9-7-14)21(26)27/h2-13H,1H3,(H,26,27). The van der Waals surface area contributed by atoms with Crippen molar-refractivity contribution in [2.24, 2.45) is 0 Å². The lowest BCUT2D eigenvalue weighted by Gasteiger charge is -2.09. The lowest BCUT2D eigenvalue weighted by molar-refractivity contribution is 0.0697. The van der Waals surface area contributed by atoms with E-state index in [2.05, 4.69) is 15.3 Å². The van der Waals surface area contributed by atoms with Gasteiger partial charge in [0, 0.05) is 22.9 Å². The van der Waals surface area contributed by atoms with Gasteiger partial charge in [-0.2, -0.15) is 0 Å². The van der Waals surface area contributed by atoms with Crippen molar-refractivity contribution in [1.29, 1.82) is 0 Å². The maximum absolute atomic E-state index is 11.0. The third-order valence-electron chi connectivity index (χ3n) is 4.33. The number of pyridine rings is 1. The van der Waals surface area contributed by atoms with Crippen molar-refractivity contribution in [3.63, 3.8) is 0 Å². The number of rotatable bonds is 5. The van der Waals surface area contributed by atoms with E-state index in [1.54, 1.807) is 54.6 Å². The van der Waals surface area contributed by atoms with Crippen LogP contribution in [0.1, 0.15) is 10.4 Å². The first-order valence-corrected chi connectivity index (χ1v) is 8.50. The van der Waals surface area contributed by atoms with E-state index in [9.17, 15) is 4.79 Å². The molecule has 4 aromatic rings. The van der Waals surface area contributed by atoms with Crippen LogP contribution in [0.2, 0.25) is 0 Å². The molecule has 0 aliphatic rings. The highest BCUT2D eigenvalue weighted by molar-refractivity contribution is 5.88. The van der Waals surface area contributed by atoms with Crippen LogP contribution in [-0.4, -0.2) is 38.2 Å². The molecule has 7 nitrogen and oxygen atoms in total. The smallest absolute Gasteiger partial charge is 0.335 e. The fourth-order valence-electron chi connectivity index (χ4n) is 2.89. The minimum Gasteiger partial charge on any atom is -0.496 e. The molecule has 2 aromatic heterocycles. The molecule has 2 aromatic carbocycles. The molecule has 0 aliphatic carbocycles. The Hall–Kier alpha value is -4.00. The number of benzene rings is 2. The van der Waals surface area contributed by atoms with Crippen LogP contribution >= 0.6 is 0 Å². The Morgan fingerprint density at radius 2 is 1.82 bits per heavy atom. The Bertz CT molecular complexity index is 1140. The molecule has 0 radical (unpaired) electrons. The highest BCUT2D eigenvalue weighted by Gasteiger charge is 2.10. The molecule has 7 heteroatoms. The molecule has 0 aliphatic heterocycles. The summed E-state index contributed by atoms with van der Waals surface area (Å²) in [5.74, 6) is -0.200. The van der Waals surface area contributed by atoms with Crippen LogP contribution in [-0.2, 0) is 0 Å². The highest BCUT2D eigenvalue weighted by atomic mass is 16.5. The minimum atomic E-state index is -0.963. The number of carboxylic acids is 1. The fraction of sp³-hybridized carbons (Fsp3) is 0.0476. The Morgan fingerprint density at radius 1 is 1.04 bits per heavy atom. The zero-order chi connectivity index (χ0) is 19.5. The van der Waals surface area contributed by atoms with Gasteiger partial charge in [-0.05, 0) is 24.3 Å². The average molecular weight is 372 g/mol. The number of aromatic nitrogens is 4. The summed E-state index contributed by atoms with van der Waals surface area (Å²) in [7, 11) is 1.63. The van der Waals surface area contributed by atoms with Crippen LogP contribution in [0.15, 0.2) is 73.2 Å². The summed E-state index contributed by atoms with van der Waals surface area (Å²) >= 11 is 0. The molecule has 0 fully saturated rings. The van der Waals surface area contributed by atoms with E-state index in [-0.39, 0.29) is 5.56 Å². The van der Waals surface area contributed by atoms with Gasteiger partial charge in [-0.1, -0.05) is 35.5 Å². The lowest BCUT2D eigenvalue weighted by Crippen LogP contribution is -1.97. The Kier molecular flexibility index (Phi) is 4.55. The first-order valence-electron chi connectivity index (χ1n) is 8.50. The van der Waals surface area contributed by atoms with Gasteiger partial charge in [-0.3, -0.25) is 4.98 Å². The molecule has 0 unspecified atom stereocenters. The largest absolute Gasteiger partial charge is 0.496 e. The SMILES string of the molecule is COc1ccccc1-c1cncc(-n2cc(-c3ccc(C(=O)O)cc3)nn2)c1. The normalized spacial score (nSPS) is 10.6. The van der Waals surface area contributed by atoms with Crippen LogP contribution in [0.3, 0.4) is 0 Å². The van der Waals surface area contributed by atoms with Crippen LogP contribution < -0.4 is 4.74 Å². The molecular formula is C21H16N4O3. The van der Waals surface area contributed by atoms with Crippen LogP contribution in [0.4, 0.5) is 0 Å². The molecule has 4 rings (SSSR count). The number of ether oxygens (including phenoxy) is 1. The molecule has 0 atom stereocenters. The molecule has 0 amide bonds. The van der Waals surface area contributed by atoms with Gasteiger partial charge >= 0.3 is 5.97 Å². The van der Waals surface area contributed by atoms with Gasteiger partial charge in [-0.25, -0.2) is 9.48 Å². The van der Waals surface area contributed by atoms with Crippen LogP contribution in [0, 0.1) is 0 Å². The van der Waals surface area contributed by atoms with Gasteiger partial charge in [0.1, 0.15) is 11.4 Å². The number of nitrogens with zero attached hydrogens (tertiary/aromatic N) is 4. The topological polar surface area (TPSA) is 90.1 Å². The van der Waals surface area contributed by atoms with Gasteiger partial charge in [0.2, 0.25) is 0 Å².